The van der Waals surface area contributed by atoms with Crippen LogP contribution in [-0.2, 0) is 19.1 Å². The summed E-state index contributed by atoms with van der Waals surface area (Å²) in [5.74, 6) is -1.44. The molecule has 2 atom stereocenters. The number of aliphatic carboxylic acids is 1. The van der Waals surface area contributed by atoms with Crippen molar-refractivity contribution in [1.29, 1.82) is 0 Å². The van der Waals surface area contributed by atoms with Crippen molar-refractivity contribution in [2.24, 2.45) is 5.92 Å². The standard InChI is InChI=1S/C27H30N2O6/c30-23(31)14-27(11-5-12-27)29-25(32)24-17(10-13-34-24)15-28-26(33)35-16-22-20-8-3-1-6-18(20)19-7-2-4-9-21(19)22/h1-4,6-9,17,22,24H,5,10-16H2,(H,28,33)(H,29,32)(H,30,31)/t17-,24-/m1/s1. The van der Waals surface area contributed by atoms with E-state index in [4.69, 9.17) is 9.47 Å². The molecule has 2 fully saturated rings. The maximum absolute atomic E-state index is 12.9. The van der Waals surface area contributed by atoms with Crippen molar-refractivity contribution in [2.75, 3.05) is 19.8 Å². The maximum atomic E-state index is 12.9. The first kappa shape index (κ1) is 23.4. The van der Waals surface area contributed by atoms with E-state index in [1.54, 1.807) is 0 Å². The van der Waals surface area contributed by atoms with Gasteiger partial charge >= 0.3 is 12.1 Å². The van der Waals surface area contributed by atoms with Crippen molar-refractivity contribution in [3.8, 4) is 11.1 Å². The highest BCUT2D eigenvalue weighted by atomic mass is 16.5. The second-order valence-electron chi connectivity index (χ2n) is 9.74. The molecule has 35 heavy (non-hydrogen) atoms. The molecule has 0 unspecified atom stereocenters. The third kappa shape index (κ3) is 4.75. The number of benzene rings is 2. The van der Waals surface area contributed by atoms with Crippen molar-refractivity contribution >= 4 is 18.0 Å². The summed E-state index contributed by atoms with van der Waals surface area (Å²) >= 11 is 0. The third-order valence-corrected chi connectivity index (χ3v) is 7.51. The van der Waals surface area contributed by atoms with Gasteiger partial charge in [-0.25, -0.2) is 4.79 Å². The van der Waals surface area contributed by atoms with E-state index in [0.29, 0.717) is 25.9 Å². The second kappa shape index (κ2) is 9.70. The van der Waals surface area contributed by atoms with Crippen LogP contribution in [-0.4, -0.2) is 54.5 Å². The predicted octanol–water partition coefficient (Wildman–Crippen LogP) is 3.44. The molecule has 0 bridgehead atoms. The van der Waals surface area contributed by atoms with Crippen LogP contribution in [0.1, 0.15) is 49.1 Å². The average molecular weight is 479 g/mol. The SMILES string of the molecule is O=C(O)CC1(NC(=O)[C@@H]2OCC[C@@H]2CNC(=O)OCC2c3ccccc3-c3ccccc32)CCC1. The molecule has 1 saturated heterocycles. The van der Waals surface area contributed by atoms with Crippen molar-refractivity contribution in [2.45, 2.75) is 49.7 Å². The molecular formula is C27H30N2O6. The molecule has 0 radical (unpaired) electrons. The Morgan fingerprint density at radius 3 is 2.29 bits per heavy atom. The molecule has 8 heteroatoms. The Kier molecular flexibility index (Phi) is 6.47. The number of carboxylic acids is 1. The summed E-state index contributed by atoms with van der Waals surface area (Å²) in [6.07, 6.45) is 1.50. The summed E-state index contributed by atoms with van der Waals surface area (Å²) < 4.78 is 11.2. The summed E-state index contributed by atoms with van der Waals surface area (Å²) in [5.41, 5.74) is 3.95. The Labute approximate surface area is 204 Å². The minimum atomic E-state index is -0.925. The van der Waals surface area contributed by atoms with Crippen LogP contribution in [0.4, 0.5) is 4.79 Å². The molecule has 1 aliphatic heterocycles. The van der Waals surface area contributed by atoms with Crippen LogP contribution in [0.2, 0.25) is 0 Å². The van der Waals surface area contributed by atoms with Crippen molar-refractivity contribution in [3.05, 3.63) is 59.7 Å². The number of alkyl carbamates (subject to hydrolysis) is 1. The molecule has 2 aromatic rings. The molecule has 3 N–H and O–H groups in total. The molecule has 0 spiro atoms. The van der Waals surface area contributed by atoms with Gasteiger partial charge in [-0.15, -0.1) is 0 Å². The normalized spacial score (nSPS) is 21.9. The number of carbonyl (C=O) groups is 3. The highest BCUT2D eigenvalue weighted by Gasteiger charge is 2.44. The summed E-state index contributed by atoms with van der Waals surface area (Å²) in [4.78, 5) is 36.6. The molecule has 8 nitrogen and oxygen atoms in total. The number of carbonyl (C=O) groups excluding carboxylic acids is 2. The molecule has 184 valence electrons. The largest absolute Gasteiger partial charge is 0.481 e. The first-order valence-corrected chi connectivity index (χ1v) is 12.2. The predicted molar refractivity (Wildman–Crippen MR) is 128 cm³/mol. The fraction of sp³-hybridized carbons (Fsp3) is 0.444. The van der Waals surface area contributed by atoms with E-state index >= 15 is 0 Å². The Bertz CT molecular complexity index is 1080. The maximum Gasteiger partial charge on any atom is 0.407 e. The number of fused-ring (bicyclic) bond motifs is 3. The van der Waals surface area contributed by atoms with Gasteiger partial charge in [0.1, 0.15) is 12.7 Å². The Morgan fingerprint density at radius 1 is 1.03 bits per heavy atom. The molecule has 3 aliphatic rings. The van der Waals surface area contributed by atoms with Crippen LogP contribution < -0.4 is 10.6 Å². The van der Waals surface area contributed by atoms with E-state index in [2.05, 4.69) is 34.9 Å². The second-order valence-corrected chi connectivity index (χ2v) is 9.74. The van der Waals surface area contributed by atoms with Gasteiger partial charge in [-0.2, -0.15) is 0 Å². The van der Waals surface area contributed by atoms with Gasteiger partial charge in [-0.3, -0.25) is 9.59 Å². The number of nitrogens with one attached hydrogen (secondary N) is 2. The summed E-state index contributed by atoms with van der Waals surface area (Å²) in [6, 6.07) is 16.3. The molecule has 2 amide bonds. The first-order valence-electron chi connectivity index (χ1n) is 12.2. The van der Waals surface area contributed by atoms with Gasteiger partial charge in [-0.1, -0.05) is 48.5 Å². The van der Waals surface area contributed by atoms with Crippen LogP contribution in [0, 0.1) is 5.92 Å². The molecule has 2 aromatic carbocycles. The van der Waals surface area contributed by atoms with Gasteiger partial charge in [0.15, 0.2) is 0 Å². The number of rotatable bonds is 8. The van der Waals surface area contributed by atoms with Crippen LogP contribution >= 0.6 is 0 Å². The monoisotopic (exact) mass is 478 g/mol. The molecule has 1 saturated carbocycles. The number of hydrogen-bond donors (Lipinski definition) is 3. The fourth-order valence-corrected chi connectivity index (χ4v) is 5.57. The highest BCUT2D eigenvalue weighted by molar-refractivity contribution is 5.83. The van der Waals surface area contributed by atoms with E-state index in [9.17, 15) is 19.5 Å². The minimum absolute atomic E-state index is 0.0191. The molecule has 1 heterocycles. The fourth-order valence-electron chi connectivity index (χ4n) is 5.57. The Hall–Kier alpha value is -3.39. The Balaban J connectivity index is 1.14. The van der Waals surface area contributed by atoms with Gasteiger partial charge in [0, 0.05) is 25.0 Å². The number of amides is 2. The zero-order valence-electron chi connectivity index (χ0n) is 19.5. The first-order chi connectivity index (χ1) is 17.0. The van der Waals surface area contributed by atoms with Crippen LogP contribution in [0.5, 0.6) is 0 Å². The van der Waals surface area contributed by atoms with Crippen LogP contribution in [0.15, 0.2) is 48.5 Å². The lowest BCUT2D eigenvalue weighted by atomic mass is 9.74. The third-order valence-electron chi connectivity index (χ3n) is 7.51. The van der Waals surface area contributed by atoms with Crippen molar-refractivity contribution in [3.63, 3.8) is 0 Å². The van der Waals surface area contributed by atoms with Gasteiger partial charge < -0.3 is 25.2 Å². The van der Waals surface area contributed by atoms with E-state index in [0.717, 1.165) is 17.5 Å². The lowest BCUT2D eigenvalue weighted by Crippen LogP contribution is -2.58. The molecule has 2 aliphatic carbocycles. The molecular weight excluding hydrogens is 448 g/mol. The van der Waals surface area contributed by atoms with Gasteiger partial charge in [0.25, 0.3) is 0 Å². The quantitative estimate of drug-likeness (QED) is 0.536. The average Bonchev–Trinajstić information content (AvgIpc) is 3.42. The zero-order valence-corrected chi connectivity index (χ0v) is 19.5. The Morgan fingerprint density at radius 2 is 1.69 bits per heavy atom. The van der Waals surface area contributed by atoms with Crippen molar-refractivity contribution < 1.29 is 29.0 Å². The van der Waals surface area contributed by atoms with Gasteiger partial charge in [-0.05, 0) is 47.9 Å². The summed E-state index contributed by atoms with van der Waals surface area (Å²) in [6.45, 7) is 0.893. The summed E-state index contributed by atoms with van der Waals surface area (Å²) in [5, 5.41) is 14.9. The zero-order chi connectivity index (χ0) is 24.4. The van der Waals surface area contributed by atoms with E-state index < -0.39 is 23.7 Å². The van der Waals surface area contributed by atoms with Gasteiger partial charge in [0.2, 0.25) is 5.91 Å². The van der Waals surface area contributed by atoms with Crippen LogP contribution in [0.3, 0.4) is 0 Å². The summed E-state index contributed by atoms with van der Waals surface area (Å²) in [7, 11) is 0. The van der Waals surface area contributed by atoms with E-state index in [1.807, 2.05) is 24.3 Å². The van der Waals surface area contributed by atoms with Gasteiger partial charge in [0.05, 0.1) is 12.0 Å². The molecule has 0 aromatic heterocycles. The van der Waals surface area contributed by atoms with Crippen LogP contribution in [0.25, 0.3) is 11.1 Å². The van der Waals surface area contributed by atoms with Crippen molar-refractivity contribution in [1.82, 2.24) is 10.6 Å². The minimum Gasteiger partial charge on any atom is -0.481 e. The van der Waals surface area contributed by atoms with E-state index in [-0.39, 0.29) is 37.3 Å². The smallest absolute Gasteiger partial charge is 0.407 e. The lowest BCUT2D eigenvalue weighted by molar-refractivity contribution is -0.142. The van der Waals surface area contributed by atoms with E-state index in [1.165, 1.54) is 11.1 Å². The molecule has 5 rings (SSSR count). The topological polar surface area (TPSA) is 114 Å². The number of carboxylic acid groups (broad SMARTS) is 1. The number of hydrogen-bond acceptors (Lipinski definition) is 5. The lowest BCUT2D eigenvalue weighted by Gasteiger charge is -2.42. The highest BCUT2D eigenvalue weighted by Crippen LogP contribution is 2.44. The number of ether oxygens (including phenoxy) is 2.